The smallest absolute Gasteiger partial charge is 0.303 e. The molecule has 1 saturated heterocycles. The van der Waals surface area contributed by atoms with E-state index in [1.54, 1.807) is 0 Å². The molecular formula is C14H21N3O2. The quantitative estimate of drug-likeness (QED) is 0.900. The average molecular weight is 263 g/mol. The second-order valence-corrected chi connectivity index (χ2v) is 5.15. The number of piperidine rings is 1. The number of nitrogens with zero attached hydrogens (tertiary/aromatic N) is 3. The van der Waals surface area contributed by atoms with Crippen molar-refractivity contribution in [3.8, 4) is 0 Å². The number of hydrogen-bond donors (Lipinski definition) is 1. The fourth-order valence-electron chi connectivity index (χ4n) is 2.57. The van der Waals surface area contributed by atoms with Crippen molar-refractivity contribution in [2.45, 2.75) is 39.5 Å². The number of anilines is 1. The van der Waals surface area contributed by atoms with Crippen LogP contribution in [-0.4, -0.2) is 34.1 Å². The van der Waals surface area contributed by atoms with Crippen LogP contribution >= 0.6 is 0 Å². The van der Waals surface area contributed by atoms with E-state index < -0.39 is 5.97 Å². The van der Waals surface area contributed by atoms with Gasteiger partial charge in [-0.1, -0.05) is 6.92 Å². The van der Waals surface area contributed by atoms with Gasteiger partial charge < -0.3 is 10.0 Å². The summed E-state index contributed by atoms with van der Waals surface area (Å²) in [6, 6.07) is 2.05. The van der Waals surface area contributed by atoms with E-state index in [0.29, 0.717) is 5.92 Å². The number of carboxylic acid groups (broad SMARTS) is 1. The molecule has 0 radical (unpaired) electrons. The van der Waals surface area contributed by atoms with Gasteiger partial charge >= 0.3 is 5.97 Å². The molecule has 2 rings (SSSR count). The molecule has 0 unspecified atom stereocenters. The van der Waals surface area contributed by atoms with Crippen LogP contribution in [0.5, 0.6) is 0 Å². The van der Waals surface area contributed by atoms with E-state index >= 15 is 0 Å². The predicted octanol–water partition coefficient (Wildman–Crippen LogP) is 2.04. The lowest BCUT2D eigenvalue weighted by Crippen LogP contribution is -2.35. The van der Waals surface area contributed by atoms with E-state index in [1.807, 2.05) is 13.0 Å². The molecule has 5 heteroatoms. The van der Waals surface area contributed by atoms with Crippen LogP contribution in [0.1, 0.15) is 37.7 Å². The van der Waals surface area contributed by atoms with E-state index in [0.717, 1.165) is 49.7 Å². The van der Waals surface area contributed by atoms with Crippen molar-refractivity contribution in [2.24, 2.45) is 5.92 Å². The molecule has 0 bridgehead atoms. The summed E-state index contributed by atoms with van der Waals surface area (Å²) in [5.74, 6) is 1.41. The first-order valence-corrected chi connectivity index (χ1v) is 6.89. The number of aryl methyl sites for hydroxylation is 2. The van der Waals surface area contributed by atoms with E-state index in [4.69, 9.17) is 5.11 Å². The van der Waals surface area contributed by atoms with Crippen molar-refractivity contribution in [3.05, 3.63) is 17.6 Å². The zero-order valence-corrected chi connectivity index (χ0v) is 11.6. The van der Waals surface area contributed by atoms with Gasteiger partial charge in [-0.05, 0) is 32.1 Å². The molecule has 1 aromatic rings. The van der Waals surface area contributed by atoms with Crippen LogP contribution in [0.2, 0.25) is 0 Å². The number of aromatic nitrogens is 2. The van der Waals surface area contributed by atoms with Gasteiger partial charge in [-0.15, -0.1) is 0 Å². The van der Waals surface area contributed by atoms with Gasteiger partial charge in [-0.3, -0.25) is 4.79 Å². The molecule has 1 aromatic heterocycles. The highest BCUT2D eigenvalue weighted by Crippen LogP contribution is 2.24. The molecular weight excluding hydrogens is 242 g/mol. The maximum atomic E-state index is 10.7. The molecule has 1 fully saturated rings. The Kier molecular flexibility index (Phi) is 4.35. The van der Waals surface area contributed by atoms with Crippen molar-refractivity contribution in [2.75, 3.05) is 18.0 Å². The number of carbonyl (C=O) groups is 1. The standard InChI is InChI=1S/C14H21N3O2/c1-3-12-9-13(16-10(2)15-12)17-6-4-11(5-7-17)8-14(18)19/h9,11H,3-8H2,1-2H3,(H,18,19). The summed E-state index contributed by atoms with van der Waals surface area (Å²) in [7, 11) is 0. The average Bonchev–Trinajstić information content (AvgIpc) is 2.38. The highest BCUT2D eigenvalue weighted by Gasteiger charge is 2.22. The van der Waals surface area contributed by atoms with Gasteiger partial charge in [0.15, 0.2) is 0 Å². The van der Waals surface area contributed by atoms with Gasteiger partial charge in [0.05, 0.1) is 0 Å². The Hall–Kier alpha value is -1.65. The van der Waals surface area contributed by atoms with Crippen LogP contribution in [-0.2, 0) is 11.2 Å². The molecule has 0 aromatic carbocycles. The summed E-state index contributed by atoms with van der Waals surface area (Å²) in [5, 5.41) is 8.82. The van der Waals surface area contributed by atoms with E-state index in [9.17, 15) is 4.79 Å². The normalized spacial score (nSPS) is 16.6. The second-order valence-electron chi connectivity index (χ2n) is 5.15. The third kappa shape index (κ3) is 3.66. The molecule has 1 aliphatic heterocycles. The molecule has 2 heterocycles. The molecule has 0 saturated carbocycles. The third-order valence-electron chi connectivity index (χ3n) is 3.64. The van der Waals surface area contributed by atoms with Gasteiger partial charge in [0, 0.05) is 31.3 Å². The summed E-state index contributed by atoms with van der Waals surface area (Å²) < 4.78 is 0. The number of aliphatic carboxylic acids is 1. The maximum absolute atomic E-state index is 10.7. The fraction of sp³-hybridized carbons (Fsp3) is 0.643. The van der Waals surface area contributed by atoms with Crippen molar-refractivity contribution in [3.63, 3.8) is 0 Å². The molecule has 0 amide bonds. The first kappa shape index (κ1) is 13.8. The van der Waals surface area contributed by atoms with Gasteiger partial charge in [-0.2, -0.15) is 0 Å². The Bertz CT molecular complexity index is 454. The Balaban J connectivity index is 2.01. The van der Waals surface area contributed by atoms with Gasteiger partial charge in [0.25, 0.3) is 0 Å². The number of carboxylic acids is 1. The first-order chi connectivity index (χ1) is 9.08. The Morgan fingerprint density at radius 3 is 2.68 bits per heavy atom. The third-order valence-corrected chi connectivity index (χ3v) is 3.64. The Morgan fingerprint density at radius 2 is 2.11 bits per heavy atom. The molecule has 1 aliphatic rings. The molecule has 0 atom stereocenters. The second kappa shape index (κ2) is 5.99. The van der Waals surface area contributed by atoms with E-state index in [1.165, 1.54) is 0 Å². The van der Waals surface area contributed by atoms with E-state index in [-0.39, 0.29) is 6.42 Å². The molecule has 0 aliphatic carbocycles. The lowest BCUT2D eigenvalue weighted by atomic mass is 9.93. The van der Waals surface area contributed by atoms with Crippen molar-refractivity contribution < 1.29 is 9.90 Å². The van der Waals surface area contributed by atoms with Crippen molar-refractivity contribution in [1.82, 2.24) is 9.97 Å². The summed E-state index contributed by atoms with van der Waals surface area (Å²) in [6.07, 6.45) is 3.05. The van der Waals surface area contributed by atoms with Gasteiger partial charge in [-0.25, -0.2) is 9.97 Å². The van der Waals surface area contributed by atoms with Crippen LogP contribution < -0.4 is 4.90 Å². The lowest BCUT2D eigenvalue weighted by Gasteiger charge is -2.32. The maximum Gasteiger partial charge on any atom is 0.303 e. The van der Waals surface area contributed by atoms with Crippen molar-refractivity contribution in [1.29, 1.82) is 0 Å². The minimum atomic E-state index is -0.690. The molecule has 0 spiro atoms. The molecule has 19 heavy (non-hydrogen) atoms. The number of rotatable bonds is 4. The van der Waals surface area contributed by atoms with Crippen LogP contribution in [0.15, 0.2) is 6.07 Å². The van der Waals surface area contributed by atoms with Crippen LogP contribution in [0, 0.1) is 12.8 Å². The molecule has 104 valence electrons. The van der Waals surface area contributed by atoms with Crippen LogP contribution in [0.25, 0.3) is 0 Å². The summed E-state index contributed by atoms with van der Waals surface area (Å²) in [6.45, 7) is 5.78. The summed E-state index contributed by atoms with van der Waals surface area (Å²) >= 11 is 0. The topological polar surface area (TPSA) is 66.3 Å². The first-order valence-electron chi connectivity index (χ1n) is 6.89. The zero-order valence-electron chi connectivity index (χ0n) is 11.6. The summed E-state index contributed by atoms with van der Waals surface area (Å²) in [4.78, 5) is 21.8. The monoisotopic (exact) mass is 263 g/mol. The highest BCUT2D eigenvalue weighted by molar-refractivity contribution is 5.67. The zero-order chi connectivity index (χ0) is 13.8. The van der Waals surface area contributed by atoms with Crippen molar-refractivity contribution >= 4 is 11.8 Å². The number of hydrogen-bond acceptors (Lipinski definition) is 4. The minimum Gasteiger partial charge on any atom is -0.481 e. The van der Waals surface area contributed by atoms with Gasteiger partial charge in [0.2, 0.25) is 0 Å². The van der Waals surface area contributed by atoms with Crippen LogP contribution in [0.4, 0.5) is 5.82 Å². The highest BCUT2D eigenvalue weighted by atomic mass is 16.4. The van der Waals surface area contributed by atoms with Crippen LogP contribution in [0.3, 0.4) is 0 Å². The molecule has 5 nitrogen and oxygen atoms in total. The van der Waals surface area contributed by atoms with E-state index in [2.05, 4.69) is 21.8 Å². The minimum absolute atomic E-state index is 0.289. The Labute approximate surface area is 113 Å². The lowest BCUT2D eigenvalue weighted by molar-refractivity contribution is -0.138. The predicted molar refractivity (Wildman–Crippen MR) is 73.3 cm³/mol. The van der Waals surface area contributed by atoms with Gasteiger partial charge in [0.1, 0.15) is 11.6 Å². The fourth-order valence-corrected chi connectivity index (χ4v) is 2.57. The summed E-state index contributed by atoms with van der Waals surface area (Å²) in [5.41, 5.74) is 1.06. The Morgan fingerprint density at radius 1 is 1.42 bits per heavy atom. The SMILES string of the molecule is CCc1cc(N2CCC(CC(=O)O)CC2)nc(C)n1. The largest absolute Gasteiger partial charge is 0.481 e. The molecule has 1 N–H and O–H groups in total.